The van der Waals surface area contributed by atoms with Crippen LogP contribution in [0.3, 0.4) is 0 Å². The van der Waals surface area contributed by atoms with Crippen molar-refractivity contribution in [2.24, 2.45) is 5.73 Å². The number of esters is 1. The second-order valence-corrected chi connectivity index (χ2v) is 3.98. The minimum Gasteiger partial charge on any atom is -0.463 e. The van der Waals surface area contributed by atoms with Gasteiger partial charge in [0.15, 0.2) is 0 Å². The van der Waals surface area contributed by atoms with Gasteiger partial charge in [-0.2, -0.15) is 0 Å². The predicted molar refractivity (Wildman–Crippen MR) is 75.0 cm³/mol. The SMILES string of the molecule is CCOC(=O)/C=C(\N)Nc1ccc2oc(=O)ccc2c1. The first-order valence-corrected chi connectivity index (χ1v) is 6.03. The first-order chi connectivity index (χ1) is 9.58. The van der Waals surface area contributed by atoms with E-state index in [9.17, 15) is 9.59 Å². The van der Waals surface area contributed by atoms with Gasteiger partial charge in [-0.15, -0.1) is 0 Å². The maximum Gasteiger partial charge on any atom is 0.336 e. The van der Waals surface area contributed by atoms with Crippen LogP contribution in [-0.2, 0) is 9.53 Å². The third-order valence-corrected chi connectivity index (χ3v) is 2.47. The lowest BCUT2D eigenvalue weighted by molar-refractivity contribution is -0.137. The van der Waals surface area contributed by atoms with Gasteiger partial charge in [-0.05, 0) is 31.2 Å². The van der Waals surface area contributed by atoms with E-state index in [-0.39, 0.29) is 12.4 Å². The van der Waals surface area contributed by atoms with Gasteiger partial charge in [0.05, 0.1) is 12.7 Å². The number of ether oxygens (including phenoxy) is 1. The molecule has 2 rings (SSSR count). The summed E-state index contributed by atoms with van der Waals surface area (Å²) in [5.41, 5.74) is 6.43. The normalized spacial score (nSPS) is 11.3. The Morgan fingerprint density at radius 2 is 2.20 bits per heavy atom. The molecule has 0 aliphatic heterocycles. The summed E-state index contributed by atoms with van der Waals surface area (Å²) in [4.78, 5) is 22.3. The fourth-order valence-corrected chi connectivity index (χ4v) is 1.66. The predicted octanol–water partition coefficient (Wildman–Crippen LogP) is 1.57. The Balaban J connectivity index is 2.19. The largest absolute Gasteiger partial charge is 0.463 e. The first-order valence-electron chi connectivity index (χ1n) is 6.03. The van der Waals surface area contributed by atoms with Gasteiger partial charge in [0, 0.05) is 17.1 Å². The average molecular weight is 274 g/mol. The molecule has 104 valence electrons. The van der Waals surface area contributed by atoms with Crippen LogP contribution < -0.4 is 16.7 Å². The van der Waals surface area contributed by atoms with Crippen LogP contribution in [0.4, 0.5) is 5.69 Å². The average Bonchev–Trinajstić information content (AvgIpc) is 2.39. The molecule has 1 heterocycles. The van der Waals surface area contributed by atoms with E-state index in [0.29, 0.717) is 11.3 Å². The Bertz CT molecular complexity index is 718. The number of benzene rings is 1. The maximum atomic E-state index is 11.2. The number of carbonyl (C=O) groups excluding carboxylic acids is 1. The minimum absolute atomic E-state index is 0.167. The Kier molecular flexibility index (Phi) is 4.05. The molecule has 3 N–H and O–H groups in total. The van der Waals surface area contributed by atoms with Crippen LogP contribution in [0.1, 0.15) is 6.92 Å². The number of nitrogens with one attached hydrogen (secondary N) is 1. The number of hydrogen-bond acceptors (Lipinski definition) is 6. The van der Waals surface area contributed by atoms with Crippen molar-refractivity contribution in [3.05, 3.63) is 52.6 Å². The van der Waals surface area contributed by atoms with E-state index in [1.54, 1.807) is 31.2 Å². The van der Waals surface area contributed by atoms with Gasteiger partial charge < -0.3 is 20.2 Å². The monoisotopic (exact) mass is 274 g/mol. The van der Waals surface area contributed by atoms with Crippen molar-refractivity contribution in [1.29, 1.82) is 0 Å². The summed E-state index contributed by atoms with van der Waals surface area (Å²) in [7, 11) is 0. The molecule has 0 amide bonds. The Morgan fingerprint density at radius 3 is 2.95 bits per heavy atom. The van der Waals surface area contributed by atoms with Crippen molar-refractivity contribution in [2.45, 2.75) is 6.92 Å². The van der Waals surface area contributed by atoms with Crippen LogP contribution in [0.5, 0.6) is 0 Å². The van der Waals surface area contributed by atoms with Gasteiger partial charge in [-0.3, -0.25) is 0 Å². The highest BCUT2D eigenvalue weighted by Crippen LogP contribution is 2.18. The summed E-state index contributed by atoms with van der Waals surface area (Å²) in [5.74, 6) is -0.343. The number of fused-ring (bicyclic) bond motifs is 1. The zero-order valence-corrected chi connectivity index (χ0v) is 10.9. The third kappa shape index (κ3) is 3.38. The topological polar surface area (TPSA) is 94.6 Å². The number of rotatable bonds is 4. The Hall–Kier alpha value is -2.76. The molecule has 0 saturated carbocycles. The molecule has 0 aliphatic rings. The lowest BCUT2D eigenvalue weighted by atomic mass is 10.2. The first kappa shape index (κ1) is 13.7. The summed E-state index contributed by atoms with van der Waals surface area (Å²) in [5, 5.41) is 3.60. The summed E-state index contributed by atoms with van der Waals surface area (Å²) in [6.07, 6.45) is 1.17. The zero-order valence-electron chi connectivity index (χ0n) is 10.9. The van der Waals surface area contributed by atoms with E-state index in [4.69, 9.17) is 14.9 Å². The molecule has 6 nitrogen and oxygen atoms in total. The highest BCUT2D eigenvalue weighted by Gasteiger charge is 2.02. The molecule has 0 unspecified atom stereocenters. The van der Waals surface area contributed by atoms with Crippen LogP contribution >= 0.6 is 0 Å². The standard InChI is InChI=1S/C14H14N2O4/c1-2-19-14(18)8-12(15)16-10-4-5-11-9(7-10)3-6-13(17)20-11/h3-8,16H,2,15H2,1H3/b12-8+. The molecule has 1 aromatic carbocycles. The van der Waals surface area contributed by atoms with Crippen molar-refractivity contribution in [3.63, 3.8) is 0 Å². The van der Waals surface area contributed by atoms with Crippen molar-refractivity contribution < 1.29 is 13.9 Å². The van der Waals surface area contributed by atoms with Gasteiger partial charge in [0.25, 0.3) is 0 Å². The summed E-state index contributed by atoms with van der Waals surface area (Å²) in [6.45, 7) is 2.00. The van der Waals surface area contributed by atoms with Crippen molar-refractivity contribution in [3.8, 4) is 0 Å². The van der Waals surface area contributed by atoms with E-state index >= 15 is 0 Å². The van der Waals surface area contributed by atoms with Gasteiger partial charge in [0.2, 0.25) is 0 Å². The number of carbonyl (C=O) groups is 1. The van der Waals surface area contributed by atoms with Crippen LogP contribution in [-0.4, -0.2) is 12.6 Å². The molecule has 0 radical (unpaired) electrons. The van der Waals surface area contributed by atoms with Gasteiger partial charge in [-0.1, -0.05) is 0 Å². The van der Waals surface area contributed by atoms with E-state index in [1.807, 2.05) is 0 Å². The number of hydrogen-bond donors (Lipinski definition) is 2. The molecular formula is C14H14N2O4. The van der Waals surface area contributed by atoms with E-state index in [0.717, 1.165) is 5.39 Å². The van der Waals surface area contributed by atoms with Crippen LogP contribution in [0, 0.1) is 0 Å². The maximum absolute atomic E-state index is 11.2. The van der Waals surface area contributed by atoms with Gasteiger partial charge >= 0.3 is 11.6 Å². The lowest BCUT2D eigenvalue weighted by Crippen LogP contribution is -2.12. The van der Waals surface area contributed by atoms with Crippen molar-refractivity contribution in [1.82, 2.24) is 0 Å². The molecule has 6 heteroatoms. The van der Waals surface area contributed by atoms with E-state index < -0.39 is 11.6 Å². The van der Waals surface area contributed by atoms with Gasteiger partial charge in [-0.25, -0.2) is 9.59 Å². The molecule has 1 aromatic heterocycles. The molecule has 0 bridgehead atoms. The van der Waals surface area contributed by atoms with Crippen molar-refractivity contribution in [2.75, 3.05) is 11.9 Å². The quantitative estimate of drug-likeness (QED) is 0.499. The Morgan fingerprint density at radius 1 is 1.40 bits per heavy atom. The van der Waals surface area contributed by atoms with E-state index in [2.05, 4.69) is 5.32 Å². The molecular weight excluding hydrogens is 260 g/mol. The second kappa shape index (κ2) is 5.92. The summed E-state index contributed by atoms with van der Waals surface area (Å²) < 4.78 is 9.76. The molecule has 0 spiro atoms. The summed E-state index contributed by atoms with van der Waals surface area (Å²) in [6, 6.07) is 8.08. The highest BCUT2D eigenvalue weighted by atomic mass is 16.5. The van der Waals surface area contributed by atoms with Crippen LogP contribution in [0.2, 0.25) is 0 Å². The molecule has 2 aromatic rings. The summed E-state index contributed by atoms with van der Waals surface area (Å²) >= 11 is 0. The second-order valence-electron chi connectivity index (χ2n) is 3.98. The highest BCUT2D eigenvalue weighted by molar-refractivity contribution is 5.84. The van der Waals surface area contributed by atoms with Crippen LogP contribution in [0.25, 0.3) is 11.0 Å². The van der Waals surface area contributed by atoms with Crippen molar-refractivity contribution >= 4 is 22.6 Å². The zero-order chi connectivity index (χ0) is 14.5. The van der Waals surface area contributed by atoms with Gasteiger partial charge in [0.1, 0.15) is 11.4 Å². The number of nitrogens with two attached hydrogens (primary N) is 1. The van der Waals surface area contributed by atoms with E-state index in [1.165, 1.54) is 12.1 Å². The molecule has 20 heavy (non-hydrogen) atoms. The molecule has 0 aliphatic carbocycles. The van der Waals surface area contributed by atoms with Crippen LogP contribution in [0.15, 0.2) is 51.4 Å². The third-order valence-electron chi connectivity index (χ3n) is 2.47. The molecule has 0 saturated heterocycles. The minimum atomic E-state index is -0.510. The molecule has 0 atom stereocenters. The fraction of sp³-hybridized carbons (Fsp3) is 0.143. The smallest absolute Gasteiger partial charge is 0.336 e. The number of anilines is 1. The molecule has 0 fully saturated rings. The Labute approximate surface area is 114 Å². The lowest BCUT2D eigenvalue weighted by Gasteiger charge is -2.07. The fourth-order valence-electron chi connectivity index (χ4n) is 1.66.